The van der Waals surface area contributed by atoms with Crippen molar-refractivity contribution in [1.82, 2.24) is 0 Å². The average Bonchev–Trinajstić information content (AvgIpc) is 3.73. The van der Waals surface area contributed by atoms with Gasteiger partial charge in [0.15, 0.2) is 12.2 Å². The lowest BCUT2D eigenvalue weighted by Gasteiger charge is -2.21. The summed E-state index contributed by atoms with van der Waals surface area (Å²) in [6.45, 7) is 14.1. The van der Waals surface area contributed by atoms with Crippen LogP contribution in [0.3, 0.4) is 0 Å². The number of carbonyl (C=O) groups excluding carboxylic acids is 4. The zero-order chi connectivity index (χ0) is 67.5. The predicted octanol–water partition coefficient (Wildman–Crippen LogP) is 20.5. The first kappa shape index (κ1) is 89.1. The Balaban J connectivity index is 5.27. The van der Waals surface area contributed by atoms with E-state index in [4.69, 9.17) is 37.0 Å². The summed E-state index contributed by atoms with van der Waals surface area (Å²) in [6, 6.07) is 0. The lowest BCUT2D eigenvalue weighted by molar-refractivity contribution is -0.161. The van der Waals surface area contributed by atoms with Gasteiger partial charge in [-0.3, -0.25) is 37.3 Å². The van der Waals surface area contributed by atoms with E-state index in [1.54, 1.807) is 0 Å². The Morgan fingerprint density at radius 3 is 0.780 bits per heavy atom. The zero-order valence-corrected chi connectivity index (χ0v) is 61.3. The van der Waals surface area contributed by atoms with Gasteiger partial charge >= 0.3 is 39.5 Å². The number of aliphatic hydroxyl groups excluding tert-OH is 1. The molecule has 0 fully saturated rings. The molecule has 7 atom stereocenters. The normalized spacial score (nSPS) is 14.8. The summed E-state index contributed by atoms with van der Waals surface area (Å²) in [5, 5.41) is 10.6. The van der Waals surface area contributed by atoms with Gasteiger partial charge in [0, 0.05) is 25.7 Å². The largest absolute Gasteiger partial charge is 0.472 e. The summed E-state index contributed by atoms with van der Waals surface area (Å²) in [5.74, 6) is 0.933. The minimum atomic E-state index is -4.96. The molecule has 0 amide bonds. The Morgan fingerprint density at radius 1 is 0.308 bits per heavy atom. The Hall–Kier alpha value is -1.94. The Morgan fingerprint density at radius 2 is 0.527 bits per heavy atom. The molecule has 0 aliphatic carbocycles. The van der Waals surface area contributed by atoms with Gasteiger partial charge in [-0.1, -0.05) is 306 Å². The number of esters is 4. The molecular weight excluding hydrogens is 1200 g/mol. The molecule has 0 bridgehead atoms. The van der Waals surface area contributed by atoms with Gasteiger partial charge in [-0.25, -0.2) is 9.13 Å². The monoisotopic (exact) mass is 1340 g/mol. The highest BCUT2D eigenvalue weighted by molar-refractivity contribution is 7.47. The fraction of sp³-hybridized carbons (Fsp3) is 0.944. The topological polar surface area (TPSA) is 237 Å². The van der Waals surface area contributed by atoms with E-state index < -0.39 is 97.5 Å². The molecule has 0 aromatic heterocycles. The van der Waals surface area contributed by atoms with Crippen molar-refractivity contribution in [3.05, 3.63) is 0 Å². The second-order valence-corrected chi connectivity index (χ2v) is 30.3. The second kappa shape index (κ2) is 61.6. The molecule has 540 valence electrons. The molecule has 3 N–H and O–H groups in total. The first-order valence-corrected chi connectivity index (χ1v) is 40.3. The number of hydrogen-bond acceptors (Lipinski definition) is 15. The first-order chi connectivity index (χ1) is 43.7. The molecule has 19 heteroatoms. The Bertz CT molecular complexity index is 1800. The molecule has 5 unspecified atom stereocenters. The van der Waals surface area contributed by atoms with Crippen LogP contribution in [0.4, 0.5) is 0 Å². The van der Waals surface area contributed by atoms with E-state index in [9.17, 15) is 43.2 Å². The average molecular weight is 1340 g/mol. The van der Waals surface area contributed by atoms with Gasteiger partial charge in [-0.2, -0.15) is 0 Å². The third-order valence-corrected chi connectivity index (χ3v) is 19.2. The van der Waals surface area contributed by atoms with Gasteiger partial charge in [-0.05, 0) is 49.4 Å². The minimum Gasteiger partial charge on any atom is -0.462 e. The summed E-state index contributed by atoms with van der Waals surface area (Å²) in [6.07, 6.45) is 44.3. The Kier molecular flexibility index (Phi) is 60.3. The maximum absolute atomic E-state index is 13.0. The molecule has 0 aliphatic rings. The van der Waals surface area contributed by atoms with Crippen molar-refractivity contribution in [2.45, 2.75) is 375 Å². The van der Waals surface area contributed by atoms with Crippen LogP contribution in [0.5, 0.6) is 0 Å². The number of phosphoric acid groups is 2. The lowest BCUT2D eigenvalue weighted by Crippen LogP contribution is -2.30. The molecule has 0 aliphatic heterocycles. The number of phosphoric ester groups is 2. The zero-order valence-electron chi connectivity index (χ0n) is 59.5. The van der Waals surface area contributed by atoms with E-state index in [-0.39, 0.29) is 25.7 Å². The van der Waals surface area contributed by atoms with Crippen molar-refractivity contribution in [3.63, 3.8) is 0 Å². The van der Waals surface area contributed by atoms with E-state index in [1.165, 1.54) is 154 Å². The maximum Gasteiger partial charge on any atom is 0.472 e. The molecule has 0 aromatic carbocycles. The number of hydrogen-bond donors (Lipinski definition) is 3. The van der Waals surface area contributed by atoms with Crippen molar-refractivity contribution < 1.29 is 80.2 Å². The van der Waals surface area contributed by atoms with Crippen LogP contribution in [0.1, 0.15) is 357 Å². The van der Waals surface area contributed by atoms with Crippen molar-refractivity contribution >= 4 is 39.5 Å². The second-order valence-electron chi connectivity index (χ2n) is 27.4. The smallest absolute Gasteiger partial charge is 0.462 e. The maximum atomic E-state index is 13.0. The molecule has 0 heterocycles. The third-order valence-electron chi connectivity index (χ3n) is 17.3. The first-order valence-electron chi connectivity index (χ1n) is 37.3. The van der Waals surface area contributed by atoms with Crippen LogP contribution in [0.25, 0.3) is 0 Å². The summed E-state index contributed by atoms with van der Waals surface area (Å²) in [7, 11) is -9.91. The van der Waals surface area contributed by atoms with Crippen LogP contribution in [-0.2, 0) is 65.4 Å². The highest BCUT2D eigenvalue weighted by Gasteiger charge is 2.30. The number of unbranched alkanes of at least 4 members (excludes halogenated alkanes) is 33. The Labute approximate surface area is 556 Å². The standard InChI is InChI=1S/C72H140O17P2/c1-9-64(7)50-42-34-26-18-15-16-19-28-36-44-52-69(74)82-58-67(88-71(76)54-46-38-29-20-14-12-11-13-17-24-32-40-48-62(3)4)60-86-90(78,79)84-56-66(73)57-85-91(80,81)87-61-68(59-83-70(75)53-45-37-31-23-25-33-41-49-63(5)6)89-72(77)55-47-39-30-22-21-27-35-43-51-65(8)10-2/h62-68,73H,9-61H2,1-8H3,(H,78,79)(H,80,81)/t64?,65?,66?,67-,68-/m1/s1. The van der Waals surface area contributed by atoms with Gasteiger partial charge in [-0.15, -0.1) is 0 Å². The van der Waals surface area contributed by atoms with E-state index >= 15 is 0 Å². The summed E-state index contributed by atoms with van der Waals surface area (Å²) in [5.41, 5.74) is 0. The van der Waals surface area contributed by atoms with Gasteiger partial charge in [0.1, 0.15) is 19.3 Å². The molecule has 0 rings (SSSR count). The van der Waals surface area contributed by atoms with Crippen LogP contribution in [0, 0.1) is 23.7 Å². The van der Waals surface area contributed by atoms with Gasteiger partial charge in [0.2, 0.25) is 0 Å². The number of aliphatic hydroxyl groups is 1. The van der Waals surface area contributed by atoms with Crippen molar-refractivity contribution in [2.75, 3.05) is 39.6 Å². The van der Waals surface area contributed by atoms with Crippen LogP contribution >= 0.6 is 15.6 Å². The summed E-state index contributed by atoms with van der Waals surface area (Å²) < 4.78 is 68.4. The SMILES string of the molecule is CCC(C)CCCCCCCCCCCCC(=O)OC[C@H](COP(=O)(O)OCC(O)COP(=O)(O)OC[C@@H](COC(=O)CCCCCCCCCC(C)C)OC(=O)CCCCCCCCCCC(C)CC)OC(=O)CCCCCCCCCCCCCCC(C)C. The molecule has 0 spiro atoms. The molecular formula is C72H140O17P2. The molecule has 17 nitrogen and oxygen atoms in total. The molecule has 0 saturated carbocycles. The van der Waals surface area contributed by atoms with Gasteiger partial charge < -0.3 is 33.8 Å². The molecule has 0 saturated heterocycles. The molecule has 0 aromatic rings. The van der Waals surface area contributed by atoms with E-state index in [0.717, 1.165) is 114 Å². The van der Waals surface area contributed by atoms with Gasteiger partial charge in [0.05, 0.1) is 26.4 Å². The van der Waals surface area contributed by atoms with Crippen molar-refractivity contribution in [3.8, 4) is 0 Å². The number of rotatable bonds is 69. The predicted molar refractivity (Wildman–Crippen MR) is 367 cm³/mol. The van der Waals surface area contributed by atoms with Crippen LogP contribution < -0.4 is 0 Å². The van der Waals surface area contributed by atoms with E-state index in [0.29, 0.717) is 31.6 Å². The fourth-order valence-corrected chi connectivity index (χ4v) is 12.4. The summed E-state index contributed by atoms with van der Waals surface area (Å²) in [4.78, 5) is 72.6. The number of carbonyl (C=O) groups is 4. The third kappa shape index (κ3) is 63.9. The van der Waals surface area contributed by atoms with Crippen molar-refractivity contribution in [2.24, 2.45) is 23.7 Å². The van der Waals surface area contributed by atoms with Crippen LogP contribution in [0.15, 0.2) is 0 Å². The molecule has 0 radical (unpaired) electrons. The minimum absolute atomic E-state index is 0.104. The van der Waals surface area contributed by atoms with E-state index in [2.05, 4.69) is 55.4 Å². The van der Waals surface area contributed by atoms with Gasteiger partial charge in [0.25, 0.3) is 0 Å². The quantitative estimate of drug-likeness (QED) is 0.0222. The highest BCUT2D eigenvalue weighted by Crippen LogP contribution is 2.45. The lowest BCUT2D eigenvalue weighted by atomic mass is 9.99. The van der Waals surface area contributed by atoms with Crippen LogP contribution in [0.2, 0.25) is 0 Å². The highest BCUT2D eigenvalue weighted by atomic mass is 31.2. The number of ether oxygens (including phenoxy) is 4. The summed E-state index contributed by atoms with van der Waals surface area (Å²) >= 11 is 0. The molecule has 91 heavy (non-hydrogen) atoms. The van der Waals surface area contributed by atoms with Crippen LogP contribution in [-0.4, -0.2) is 96.7 Å². The van der Waals surface area contributed by atoms with E-state index in [1.807, 2.05) is 0 Å². The van der Waals surface area contributed by atoms with Crippen molar-refractivity contribution in [1.29, 1.82) is 0 Å². The fourth-order valence-electron chi connectivity index (χ4n) is 10.8.